The Morgan fingerprint density at radius 3 is 2.79 bits per heavy atom. The van der Waals surface area contributed by atoms with Crippen LogP contribution >= 0.6 is 11.6 Å². The molecule has 0 atom stereocenters. The summed E-state index contributed by atoms with van der Waals surface area (Å²) < 4.78 is 5.49. The second kappa shape index (κ2) is 5.71. The van der Waals surface area contributed by atoms with Gasteiger partial charge >= 0.3 is 0 Å². The van der Waals surface area contributed by atoms with Crippen LogP contribution in [-0.2, 0) is 0 Å². The second-order valence-corrected chi connectivity index (χ2v) is 3.36. The highest BCUT2D eigenvalue weighted by Crippen LogP contribution is 2.20. The van der Waals surface area contributed by atoms with E-state index >= 15 is 0 Å². The predicted octanol–water partition coefficient (Wildman–Crippen LogP) is 3.73. The summed E-state index contributed by atoms with van der Waals surface area (Å²) in [6.45, 7) is 4.68. The van der Waals surface area contributed by atoms with Crippen molar-refractivity contribution >= 4 is 17.7 Å². The number of halogens is 1. The monoisotopic (exact) mass is 210 g/mol. The summed E-state index contributed by atoms with van der Waals surface area (Å²) in [5, 5.41) is 0. The van der Waals surface area contributed by atoms with Crippen LogP contribution in [-0.4, -0.2) is 12.5 Å². The molecule has 0 unspecified atom stereocenters. The molecular weight excluding hydrogens is 196 g/mol. The van der Waals surface area contributed by atoms with E-state index in [-0.39, 0.29) is 0 Å². The summed E-state index contributed by atoms with van der Waals surface area (Å²) in [5.41, 5.74) is 2.23. The van der Waals surface area contributed by atoms with E-state index in [2.05, 4.69) is 6.08 Å². The van der Waals surface area contributed by atoms with Crippen LogP contribution in [0.25, 0.3) is 6.08 Å². The first-order chi connectivity index (χ1) is 6.77. The first-order valence-electron chi connectivity index (χ1n) is 4.73. The molecule has 1 rings (SSSR count). The molecule has 1 aromatic rings. The molecular formula is C12H15ClO. The standard InChI is InChI=1S/C12H15ClO/c1-3-14-12-7-5-4-6-11(12)8-10(2)9-13/h4-8H,3,9H2,1-2H3. The van der Waals surface area contributed by atoms with Gasteiger partial charge in [0, 0.05) is 11.4 Å². The Morgan fingerprint density at radius 1 is 1.43 bits per heavy atom. The van der Waals surface area contributed by atoms with Gasteiger partial charge in [0.25, 0.3) is 0 Å². The van der Waals surface area contributed by atoms with Crippen LogP contribution in [0.4, 0.5) is 0 Å². The lowest BCUT2D eigenvalue weighted by atomic mass is 10.1. The Labute approximate surface area is 90.3 Å². The molecule has 0 saturated heterocycles. The molecule has 1 nitrogen and oxygen atoms in total. The van der Waals surface area contributed by atoms with Gasteiger partial charge < -0.3 is 4.74 Å². The Kier molecular flexibility index (Phi) is 4.54. The first-order valence-corrected chi connectivity index (χ1v) is 5.26. The minimum absolute atomic E-state index is 0.556. The zero-order valence-electron chi connectivity index (χ0n) is 8.59. The SMILES string of the molecule is CCOc1ccccc1C=C(C)CCl. The molecule has 2 heteroatoms. The molecule has 0 aliphatic carbocycles. The average Bonchev–Trinajstić information content (AvgIpc) is 2.21. The average molecular weight is 211 g/mol. The summed E-state index contributed by atoms with van der Waals surface area (Å²) >= 11 is 5.72. The number of para-hydroxylation sites is 1. The lowest BCUT2D eigenvalue weighted by molar-refractivity contribution is 0.339. The fourth-order valence-corrected chi connectivity index (χ4v) is 1.27. The number of benzene rings is 1. The molecule has 0 spiro atoms. The van der Waals surface area contributed by atoms with Crippen molar-refractivity contribution in [2.45, 2.75) is 13.8 Å². The van der Waals surface area contributed by atoms with E-state index in [0.29, 0.717) is 12.5 Å². The van der Waals surface area contributed by atoms with Crippen LogP contribution in [0, 0.1) is 0 Å². The fourth-order valence-electron chi connectivity index (χ4n) is 1.19. The quantitative estimate of drug-likeness (QED) is 0.689. The maximum Gasteiger partial charge on any atom is 0.126 e. The van der Waals surface area contributed by atoms with Crippen molar-refractivity contribution in [3.8, 4) is 5.75 Å². The molecule has 0 aromatic heterocycles. The van der Waals surface area contributed by atoms with Crippen molar-refractivity contribution in [1.82, 2.24) is 0 Å². The summed E-state index contributed by atoms with van der Waals surface area (Å²) in [6.07, 6.45) is 2.05. The van der Waals surface area contributed by atoms with E-state index in [4.69, 9.17) is 16.3 Å². The number of ether oxygens (including phenoxy) is 1. The third-order valence-corrected chi connectivity index (χ3v) is 2.25. The van der Waals surface area contributed by atoms with Gasteiger partial charge in [0.1, 0.15) is 5.75 Å². The van der Waals surface area contributed by atoms with Crippen molar-refractivity contribution in [2.75, 3.05) is 12.5 Å². The number of alkyl halides is 1. The topological polar surface area (TPSA) is 9.23 Å². The molecule has 1 aromatic carbocycles. The van der Waals surface area contributed by atoms with Gasteiger partial charge in [-0.3, -0.25) is 0 Å². The van der Waals surface area contributed by atoms with Gasteiger partial charge in [0.05, 0.1) is 6.61 Å². The molecule has 0 radical (unpaired) electrons. The lowest BCUT2D eigenvalue weighted by Crippen LogP contribution is -1.93. The Bertz CT molecular complexity index is 318. The van der Waals surface area contributed by atoms with Crippen molar-refractivity contribution in [3.05, 3.63) is 35.4 Å². The summed E-state index contributed by atoms with van der Waals surface area (Å²) in [4.78, 5) is 0. The smallest absolute Gasteiger partial charge is 0.126 e. The maximum atomic E-state index is 5.72. The zero-order valence-corrected chi connectivity index (χ0v) is 9.34. The Hall–Kier alpha value is -0.950. The van der Waals surface area contributed by atoms with E-state index in [1.807, 2.05) is 38.1 Å². The molecule has 0 amide bonds. The molecule has 0 aliphatic rings. The van der Waals surface area contributed by atoms with E-state index < -0.39 is 0 Å². The number of hydrogen-bond acceptors (Lipinski definition) is 1. The van der Waals surface area contributed by atoms with E-state index in [0.717, 1.165) is 16.9 Å². The van der Waals surface area contributed by atoms with Crippen LogP contribution in [0.15, 0.2) is 29.8 Å². The van der Waals surface area contributed by atoms with Crippen LogP contribution in [0.1, 0.15) is 19.4 Å². The van der Waals surface area contributed by atoms with Crippen molar-refractivity contribution in [3.63, 3.8) is 0 Å². The van der Waals surface area contributed by atoms with Crippen LogP contribution in [0.2, 0.25) is 0 Å². The molecule has 0 fully saturated rings. The highest BCUT2D eigenvalue weighted by Gasteiger charge is 1.98. The molecule has 76 valence electrons. The third-order valence-electron chi connectivity index (χ3n) is 1.83. The largest absolute Gasteiger partial charge is 0.493 e. The minimum Gasteiger partial charge on any atom is -0.493 e. The highest BCUT2D eigenvalue weighted by molar-refractivity contribution is 6.19. The van der Waals surface area contributed by atoms with Gasteiger partial charge in [-0.2, -0.15) is 0 Å². The summed E-state index contributed by atoms with van der Waals surface area (Å²) in [6, 6.07) is 7.96. The Balaban J connectivity index is 2.95. The molecule has 0 heterocycles. The number of allylic oxidation sites excluding steroid dienone is 1. The van der Waals surface area contributed by atoms with E-state index in [9.17, 15) is 0 Å². The van der Waals surface area contributed by atoms with Crippen molar-refractivity contribution in [1.29, 1.82) is 0 Å². The van der Waals surface area contributed by atoms with Crippen molar-refractivity contribution < 1.29 is 4.74 Å². The van der Waals surface area contributed by atoms with Crippen LogP contribution in [0.5, 0.6) is 5.75 Å². The van der Waals surface area contributed by atoms with E-state index in [1.54, 1.807) is 0 Å². The van der Waals surface area contributed by atoms with Gasteiger partial charge in [-0.05, 0) is 19.9 Å². The zero-order chi connectivity index (χ0) is 10.4. The molecule has 14 heavy (non-hydrogen) atoms. The van der Waals surface area contributed by atoms with Gasteiger partial charge in [-0.15, -0.1) is 11.6 Å². The lowest BCUT2D eigenvalue weighted by Gasteiger charge is -2.06. The van der Waals surface area contributed by atoms with E-state index in [1.165, 1.54) is 0 Å². The maximum absolute atomic E-state index is 5.72. The van der Waals surface area contributed by atoms with Gasteiger partial charge in [-0.25, -0.2) is 0 Å². The highest BCUT2D eigenvalue weighted by atomic mass is 35.5. The fraction of sp³-hybridized carbons (Fsp3) is 0.333. The number of hydrogen-bond donors (Lipinski definition) is 0. The van der Waals surface area contributed by atoms with Gasteiger partial charge in [-0.1, -0.05) is 29.8 Å². The summed E-state index contributed by atoms with van der Waals surface area (Å²) in [7, 11) is 0. The molecule has 0 bridgehead atoms. The van der Waals surface area contributed by atoms with Crippen LogP contribution < -0.4 is 4.74 Å². The number of rotatable bonds is 4. The minimum atomic E-state index is 0.556. The molecule has 0 saturated carbocycles. The van der Waals surface area contributed by atoms with Gasteiger partial charge in [0.15, 0.2) is 0 Å². The van der Waals surface area contributed by atoms with Crippen molar-refractivity contribution in [2.24, 2.45) is 0 Å². The first kappa shape index (κ1) is 11.1. The molecule has 0 N–H and O–H groups in total. The predicted molar refractivity (Wildman–Crippen MR) is 62.0 cm³/mol. The third kappa shape index (κ3) is 3.08. The second-order valence-electron chi connectivity index (χ2n) is 3.10. The Morgan fingerprint density at radius 2 is 2.14 bits per heavy atom. The summed E-state index contributed by atoms with van der Waals surface area (Å²) in [5.74, 6) is 1.47. The van der Waals surface area contributed by atoms with Gasteiger partial charge in [0.2, 0.25) is 0 Å². The normalized spacial score (nSPS) is 11.5. The molecule has 0 aliphatic heterocycles. The van der Waals surface area contributed by atoms with Crippen LogP contribution in [0.3, 0.4) is 0 Å².